The lowest BCUT2D eigenvalue weighted by Crippen LogP contribution is -2.54. The minimum atomic E-state index is -4.33. The lowest BCUT2D eigenvalue weighted by molar-refractivity contribution is -0.140. The Bertz CT molecular complexity index is 1710. The molecule has 4 aromatic carbocycles. The largest absolute Gasteiger partial charge is 0.352 e. The molecule has 2 unspecified atom stereocenters. The third-order valence-electron chi connectivity index (χ3n) is 7.34. The molecule has 0 heterocycles. The SMILES string of the molecule is CCC(C)NC(=O)C(Cc1ccccc1)N(Cc1ccc(Cl)cc1)C(=O)CN(c1ccc(F)c(Cl)c1)S(=O)(=O)c1ccccc1. The Morgan fingerprint density at radius 3 is 2.09 bits per heavy atom. The third kappa shape index (κ3) is 8.84. The first-order chi connectivity index (χ1) is 21.5. The number of nitrogens with zero attached hydrogens (tertiary/aromatic N) is 2. The molecule has 0 aromatic heterocycles. The summed E-state index contributed by atoms with van der Waals surface area (Å²) in [5.74, 6) is -1.76. The highest BCUT2D eigenvalue weighted by Gasteiger charge is 2.35. The zero-order chi connectivity index (χ0) is 32.6. The number of carbonyl (C=O) groups excluding carboxylic acids is 2. The first-order valence-corrected chi connectivity index (χ1v) is 16.6. The van der Waals surface area contributed by atoms with Crippen molar-refractivity contribution in [1.29, 1.82) is 0 Å². The first kappa shape index (κ1) is 34.0. The van der Waals surface area contributed by atoms with Crippen molar-refractivity contribution in [3.63, 3.8) is 0 Å². The molecule has 45 heavy (non-hydrogen) atoms. The van der Waals surface area contributed by atoms with Gasteiger partial charge in [0.05, 0.1) is 15.6 Å². The van der Waals surface area contributed by atoms with Crippen LogP contribution in [0.2, 0.25) is 10.0 Å². The number of hydrogen-bond donors (Lipinski definition) is 1. The van der Waals surface area contributed by atoms with Crippen molar-refractivity contribution < 1.29 is 22.4 Å². The Morgan fingerprint density at radius 1 is 0.867 bits per heavy atom. The van der Waals surface area contributed by atoms with E-state index >= 15 is 0 Å². The number of nitrogens with one attached hydrogen (secondary N) is 1. The van der Waals surface area contributed by atoms with E-state index in [1.54, 1.807) is 42.5 Å². The van der Waals surface area contributed by atoms with Gasteiger partial charge in [-0.1, -0.05) is 90.8 Å². The van der Waals surface area contributed by atoms with E-state index in [1.165, 1.54) is 23.1 Å². The molecule has 236 valence electrons. The van der Waals surface area contributed by atoms with Gasteiger partial charge in [0.2, 0.25) is 11.8 Å². The molecule has 4 rings (SSSR count). The number of carbonyl (C=O) groups is 2. The van der Waals surface area contributed by atoms with Gasteiger partial charge in [-0.25, -0.2) is 12.8 Å². The lowest BCUT2D eigenvalue weighted by atomic mass is 10.0. The summed E-state index contributed by atoms with van der Waals surface area (Å²) in [6, 6.07) is 26.0. The van der Waals surface area contributed by atoms with Crippen LogP contribution in [0.15, 0.2) is 108 Å². The monoisotopic (exact) mass is 669 g/mol. The highest BCUT2D eigenvalue weighted by molar-refractivity contribution is 7.92. The highest BCUT2D eigenvalue weighted by atomic mass is 35.5. The van der Waals surface area contributed by atoms with Crippen molar-refractivity contribution in [2.75, 3.05) is 10.8 Å². The summed E-state index contributed by atoms with van der Waals surface area (Å²) >= 11 is 12.2. The normalized spacial score (nSPS) is 12.6. The fraction of sp³-hybridized carbons (Fsp3) is 0.235. The Kier molecular flexibility index (Phi) is 11.6. The van der Waals surface area contributed by atoms with Gasteiger partial charge in [-0.05, 0) is 66.9 Å². The second kappa shape index (κ2) is 15.4. The summed E-state index contributed by atoms with van der Waals surface area (Å²) in [7, 11) is -4.33. The summed E-state index contributed by atoms with van der Waals surface area (Å²) in [4.78, 5) is 29.6. The molecule has 0 aliphatic rings. The topological polar surface area (TPSA) is 86.8 Å². The standard InChI is InChI=1S/C34H34Cl2FN3O4S/c1-3-24(2)38-34(42)32(20-25-10-6-4-7-11-25)39(22-26-14-16-27(35)17-15-26)33(41)23-40(28-18-19-31(37)30(36)21-28)45(43,44)29-12-8-5-9-13-29/h4-19,21,24,32H,3,20,22-23H2,1-2H3,(H,38,42). The maximum absolute atomic E-state index is 14.4. The van der Waals surface area contributed by atoms with Crippen LogP contribution in [0.4, 0.5) is 10.1 Å². The van der Waals surface area contributed by atoms with Crippen LogP contribution in [0.5, 0.6) is 0 Å². The molecular weight excluding hydrogens is 636 g/mol. The molecular formula is C34H34Cl2FN3O4S. The highest BCUT2D eigenvalue weighted by Crippen LogP contribution is 2.28. The summed E-state index contributed by atoms with van der Waals surface area (Å²) < 4.78 is 43.0. The van der Waals surface area contributed by atoms with E-state index in [2.05, 4.69) is 5.32 Å². The van der Waals surface area contributed by atoms with Crippen LogP contribution in [0, 0.1) is 5.82 Å². The van der Waals surface area contributed by atoms with E-state index in [-0.39, 0.29) is 40.5 Å². The van der Waals surface area contributed by atoms with Crippen LogP contribution in [0.3, 0.4) is 0 Å². The van der Waals surface area contributed by atoms with Crippen molar-refractivity contribution in [3.8, 4) is 0 Å². The van der Waals surface area contributed by atoms with E-state index in [4.69, 9.17) is 23.2 Å². The molecule has 0 fully saturated rings. The van der Waals surface area contributed by atoms with Gasteiger partial charge < -0.3 is 10.2 Å². The van der Waals surface area contributed by atoms with E-state index in [0.717, 1.165) is 22.0 Å². The molecule has 0 saturated heterocycles. The van der Waals surface area contributed by atoms with Crippen molar-refractivity contribution >= 4 is 50.7 Å². The van der Waals surface area contributed by atoms with Crippen LogP contribution in [-0.2, 0) is 32.6 Å². The zero-order valence-corrected chi connectivity index (χ0v) is 27.2. The van der Waals surface area contributed by atoms with Gasteiger partial charge in [-0.3, -0.25) is 13.9 Å². The van der Waals surface area contributed by atoms with E-state index in [9.17, 15) is 22.4 Å². The third-order valence-corrected chi connectivity index (χ3v) is 9.67. The van der Waals surface area contributed by atoms with Gasteiger partial charge in [0.1, 0.15) is 18.4 Å². The molecule has 2 amide bonds. The lowest BCUT2D eigenvalue weighted by Gasteiger charge is -2.34. The minimum Gasteiger partial charge on any atom is -0.352 e. The van der Waals surface area contributed by atoms with Gasteiger partial charge in [0, 0.05) is 24.0 Å². The van der Waals surface area contributed by atoms with E-state index in [1.807, 2.05) is 44.2 Å². The molecule has 0 bridgehead atoms. The molecule has 7 nitrogen and oxygen atoms in total. The van der Waals surface area contributed by atoms with Crippen LogP contribution in [0.1, 0.15) is 31.4 Å². The summed E-state index contributed by atoms with van der Waals surface area (Å²) in [6.45, 7) is 3.11. The Labute approximate surface area is 273 Å². The zero-order valence-electron chi connectivity index (χ0n) is 24.9. The van der Waals surface area contributed by atoms with E-state index in [0.29, 0.717) is 17.0 Å². The molecule has 1 N–H and O–H groups in total. The Balaban J connectivity index is 1.81. The van der Waals surface area contributed by atoms with Gasteiger partial charge >= 0.3 is 0 Å². The van der Waals surface area contributed by atoms with Crippen molar-refractivity contribution in [3.05, 3.63) is 130 Å². The van der Waals surface area contributed by atoms with Gasteiger partial charge in [0.25, 0.3) is 10.0 Å². The molecule has 2 atom stereocenters. The summed E-state index contributed by atoms with van der Waals surface area (Å²) in [6.07, 6.45) is 0.847. The van der Waals surface area contributed by atoms with Gasteiger partial charge in [0.15, 0.2) is 0 Å². The van der Waals surface area contributed by atoms with E-state index < -0.39 is 34.3 Å². The number of benzene rings is 4. The maximum Gasteiger partial charge on any atom is 0.264 e. The molecule has 0 spiro atoms. The molecule has 0 saturated carbocycles. The second-order valence-corrected chi connectivity index (χ2v) is 13.3. The molecule has 0 aliphatic carbocycles. The number of halogens is 3. The number of sulfonamides is 1. The fourth-order valence-electron chi connectivity index (χ4n) is 4.67. The summed E-state index contributed by atoms with van der Waals surface area (Å²) in [5, 5.41) is 3.19. The predicted octanol–water partition coefficient (Wildman–Crippen LogP) is 6.88. The number of amides is 2. The van der Waals surface area contributed by atoms with Crippen LogP contribution in [-0.4, -0.2) is 43.8 Å². The van der Waals surface area contributed by atoms with Crippen molar-refractivity contribution in [2.24, 2.45) is 0 Å². The minimum absolute atomic E-state index is 0.00582. The van der Waals surface area contributed by atoms with Gasteiger partial charge in [-0.15, -0.1) is 0 Å². The molecule has 4 aromatic rings. The maximum atomic E-state index is 14.4. The molecule has 11 heteroatoms. The number of anilines is 1. The van der Waals surface area contributed by atoms with Crippen LogP contribution < -0.4 is 9.62 Å². The average Bonchev–Trinajstić information content (AvgIpc) is 3.04. The van der Waals surface area contributed by atoms with Crippen molar-refractivity contribution in [2.45, 2.75) is 50.2 Å². The fourth-order valence-corrected chi connectivity index (χ4v) is 6.40. The molecule has 0 radical (unpaired) electrons. The number of rotatable bonds is 13. The summed E-state index contributed by atoms with van der Waals surface area (Å²) in [5.41, 5.74) is 1.49. The van der Waals surface area contributed by atoms with Crippen LogP contribution in [0.25, 0.3) is 0 Å². The average molecular weight is 671 g/mol. The first-order valence-electron chi connectivity index (χ1n) is 14.4. The van der Waals surface area contributed by atoms with Crippen molar-refractivity contribution in [1.82, 2.24) is 10.2 Å². The molecule has 0 aliphatic heterocycles. The second-order valence-electron chi connectivity index (χ2n) is 10.6. The Morgan fingerprint density at radius 2 is 1.49 bits per heavy atom. The van der Waals surface area contributed by atoms with Crippen LogP contribution >= 0.6 is 23.2 Å². The quantitative estimate of drug-likeness (QED) is 0.168. The smallest absolute Gasteiger partial charge is 0.264 e. The predicted molar refractivity (Wildman–Crippen MR) is 176 cm³/mol. The van der Waals surface area contributed by atoms with Gasteiger partial charge in [-0.2, -0.15) is 0 Å². The Hall–Kier alpha value is -3.92. The number of hydrogen-bond acceptors (Lipinski definition) is 4.